The first-order valence-electron chi connectivity index (χ1n) is 13.8. The van der Waals surface area contributed by atoms with E-state index in [4.69, 9.17) is 5.11 Å². The van der Waals surface area contributed by atoms with Crippen molar-refractivity contribution >= 4 is 27.8 Å². The average molecular weight is 817 g/mol. The van der Waals surface area contributed by atoms with Crippen molar-refractivity contribution in [3.63, 3.8) is 0 Å². The van der Waals surface area contributed by atoms with Gasteiger partial charge in [-0.25, -0.2) is 22.9 Å². The molecule has 14 heteroatoms. The molecule has 0 unspecified atom stereocenters. The third-order valence-electron chi connectivity index (χ3n) is 6.90. The van der Waals surface area contributed by atoms with Gasteiger partial charge in [-0.2, -0.15) is 0 Å². The maximum atomic E-state index is 13.3. The Morgan fingerprint density at radius 1 is 0.809 bits per heavy atom. The number of carbonyl (C=O) groups is 1. The molecule has 6 aromatic heterocycles. The molecule has 0 saturated heterocycles. The van der Waals surface area contributed by atoms with Crippen LogP contribution in [0, 0.1) is 43.8 Å². The minimum atomic E-state index is -1.00. The molecule has 0 saturated carbocycles. The third-order valence-corrected chi connectivity index (χ3v) is 6.90. The predicted octanol–water partition coefficient (Wildman–Crippen LogP) is 6.02. The normalized spacial score (nSPS) is 10.6. The molecule has 0 atom stereocenters. The molecular formula is C33H27F3IrN8O2-2. The van der Waals surface area contributed by atoms with Gasteiger partial charge in [-0.3, -0.25) is 15.0 Å². The van der Waals surface area contributed by atoms with Gasteiger partial charge < -0.3 is 23.8 Å². The monoisotopic (exact) mass is 817 g/mol. The fourth-order valence-electron chi connectivity index (χ4n) is 4.90. The van der Waals surface area contributed by atoms with Crippen molar-refractivity contribution in [1.29, 1.82) is 0 Å². The van der Waals surface area contributed by atoms with Crippen molar-refractivity contribution in [3.8, 4) is 22.8 Å². The number of imidazole rings is 2. The fourth-order valence-corrected chi connectivity index (χ4v) is 4.90. The number of carboxylic acids is 1. The number of benzene rings is 1. The van der Waals surface area contributed by atoms with E-state index in [1.54, 1.807) is 47.6 Å². The zero-order chi connectivity index (χ0) is 33.1. The first kappa shape index (κ1) is 34.7. The molecule has 243 valence electrons. The minimum Gasteiger partial charge on any atom is -0.477 e. The fraction of sp³-hybridized carbons (Fsp3) is 0.152. The van der Waals surface area contributed by atoms with E-state index in [0.29, 0.717) is 17.2 Å². The first-order valence-corrected chi connectivity index (χ1v) is 13.8. The Morgan fingerprint density at radius 3 is 1.98 bits per heavy atom. The maximum absolute atomic E-state index is 13.3. The number of halogens is 3. The van der Waals surface area contributed by atoms with Gasteiger partial charge in [0.2, 0.25) is 0 Å². The van der Waals surface area contributed by atoms with Crippen LogP contribution in [0.5, 0.6) is 0 Å². The number of nitrogens with zero attached hydrogens (tertiary/aromatic N) is 8. The summed E-state index contributed by atoms with van der Waals surface area (Å²) >= 11 is 0. The second-order valence-corrected chi connectivity index (χ2v) is 10.2. The van der Waals surface area contributed by atoms with E-state index in [2.05, 4.69) is 37.1 Å². The van der Waals surface area contributed by atoms with Crippen LogP contribution in [0.15, 0.2) is 67.3 Å². The predicted molar refractivity (Wildman–Crippen MR) is 165 cm³/mol. The zero-order valence-corrected chi connectivity index (χ0v) is 28.1. The van der Waals surface area contributed by atoms with Crippen molar-refractivity contribution < 1.29 is 43.2 Å². The number of aromatic carboxylic acids is 1. The molecule has 10 nitrogen and oxygen atoms in total. The number of hydrogen-bond acceptors (Lipinski definition) is 6. The molecule has 0 aliphatic heterocycles. The molecular weight excluding hydrogens is 790 g/mol. The van der Waals surface area contributed by atoms with E-state index in [1.807, 2.05) is 56.0 Å². The number of aryl methyl sites for hydroxylation is 5. The topological polar surface area (TPSA) is 117 Å². The minimum absolute atomic E-state index is 0. The van der Waals surface area contributed by atoms with Gasteiger partial charge in [0.25, 0.3) is 0 Å². The van der Waals surface area contributed by atoms with Gasteiger partial charge in [0.1, 0.15) is 23.5 Å². The van der Waals surface area contributed by atoms with Crippen LogP contribution in [0.2, 0.25) is 0 Å². The van der Waals surface area contributed by atoms with Crippen LogP contribution in [0.4, 0.5) is 13.2 Å². The van der Waals surface area contributed by atoms with E-state index in [-0.39, 0.29) is 31.4 Å². The van der Waals surface area contributed by atoms with E-state index >= 15 is 0 Å². The molecule has 0 amide bonds. The molecule has 47 heavy (non-hydrogen) atoms. The van der Waals surface area contributed by atoms with Crippen LogP contribution in [-0.4, -0.2) is 49.7 Å². The van der Waals surface area contributed by atoms with Crippen molar-refractivity contribution in [2.24, 2.45) is 21.1 Å². The van der Waals surface area contributed by atoms with Crippen molar-refractivity contribution in [2.75, 3.05) is 0 Å². The molecule has 7 rings (SSSR count). The summed E-state index contributed by atoms with van der Waals surface area (Å²) in [5.41, 5.74) is 4.08. The number of rotatable bonds is 3. The summed E-state index contributed by atoms with van der Waals surface area (Å²) in [6.07, 6.45) is 6.55. The van der Waals surface area contributed by atoms with Crippen molar-refractivity contribution in [3.05, 3.63) is 114 Å². The second kappa shape index (κ2) is 14.5. The number of fused-ring (bicyclic) bond motifs is 3. The Bertz CT molecular complexity index is 2210. The SMILES string of the molecule is Cc1cn(C)c(-c2[c-]cc(F)nc2F)n1.Cc1cn(C)c(-c2[c-]ccnc2F)n1.Cn1c2ccccc2c2cc(C(=O)O)ncc21.[Ir]. The molecule has 1 N–H and O–H groups in total. The van der Waals surface area contributed by atoms with Gasteiger partial charge in [0.05, 0.1) is 23.4 Å². The smallest absolute Gasteiger partial charge is 0.354 e. The van der Waals surface area contributed by atoms with Crippen molar-refractivity contribution in [1.82, 2.24) is 38.6 Å². The summed E-state index contributed by atoms with van der Waals surface area (Å²) in [5.74, 6) is -2.39. The van der Waals surface area contributed by atoms with E-state index < -0.39 is 23.8 Å². The van der Waals surface area contributed by atoms with Crippen LogP contribution in [0.3, 0.4) is 0 Å². The van der Waals surface area contributed by atoms with Crippen molar-refractivity contribution in [2.45, 2.75) is 13.8 Å². The van der Waals surface area contributed by atoms with E-state index in [1.165, 1.54) is 6.20 Å². The molecule has 0 fully saturated rings. The number of pyridine rings is 3. The van der Waals surface area contributed by atoms with Gasteiger partial charge >= 0.3 is 5.97 Å². The van der Waals surface area contributed by atoms with Gasteiger partial charge in [-0.15, -0.1) is 18.2 Å². The number of aromatic nitrogens is 8. The summed E-state index contributed by atoms with van der Waals surface area (Å²) in [6.45, 7) is 3.65. The Labute approximate surface area is 281 Å². The van der Waals surface area contributed by atoms with Gasteiger partial charge in [-0.05, 0) is 26.0 Å². The number of hydrogen-bond donors (Lipinski definition) is 1. The van der Waals surface area contributed by atoms with Crippen LogP contribution >= 0.6 is 0 Å². The molecule has 6 heterocycles. The summed E-state index contributed by atoms with van der Waals surface area (Å²) in [4.78, 5) is 29.8. The Morgan fingerprint density at radius 2 is 1.43 bits per heavy atom. The van der Waals surface area contributed by atoms with Gasteiger partial charge in [0.15, 0.2) is 0 Å². The van der Waals surface area contributed by atoms with Gasteiger partial charge in [-0.1, -0.05) is 41.6 Å². The Kier molecular flexibility index (Phi) is 10.7. The van der Waals surface area contributed by atoms with Crippen LogP contribution < -0.4 is 0 Å². The Hall–Kier alpha value is -5.20. The molecule has 1 radical (unpaired) electrons. The van der Waals surface area contributed by atoms with E-state index in [0.717, 1.165) is 39.3 Å². The Balaban J connectivity index is 0.000000159. The first-order chi connectivity index (χ1) is 21.9. The molecule has 0 aliphatic carbocycles. The van der Waals surface area contributed by atoms with Crippen LogP contribution in [0.1, 0.15) is 21.9 Å². The average Bonchev–Trinajstić information content (AvgIpc) is 3.64. The summed E-state index contributed by atoms with van der Waals surface area (Å²) in [7, 11) is 5.49. The zero-order valence-electron chi connectivity index (χ0n) is 25.8. The van der Waals surface area contributed by atoms with Gasteiger partial charge in [0, 0.05) is 81.3 Å². The quantitative estimate of drug-likeness (QED) is 0.171. The largest absolute Gasteiger partial charge is 0.477 e. The number of carboxylic acid groups (broad SMARTS) is 1. The number of para-hydroxylation sites is 1. The molecule has 7 aromatic rings. The molecule has 0 spiro atoms. The second-order valence-electron chi connectivity index (χ2n) is 10.2. The summed E-state index contributed by atoms with van der Waals surface area (Å²) in [5, 5.41) is 10.9. The summed E-state index contributed by atoms with van der Waals surface area (Å²) < 4.78 is 44.5. The molecule has 1 aromatic carbocycles. The maximum Gasteiger partial charge on any atom is 0.354 e. The molecule has 0 bridgehead atoms. The third kappa shape index (κ3) is 7.45. The molecule has 0 aliphatic rings. The van der Waals surface area contributed by atoms with Crippen LogP contribution in [-0.2, 0) is 41.2 Å². The van der Waals surface area contributed by atoms with Crippen LogP contribution in [0.25, 0.3) is 44.6 Å². The summed E-state index contributed by atoms with van der Waals surface area (Å²) in [6, 6.07) is 17.4. The standard InChI is InChI=1S/C13H10N2O2.C10H8F2N3.C10H9FN3.Ir/c1-15-11-5-3-2-4-8(11)9-6-10(13(16)17)14-7-12(9)15;1-6-5-15(2)10(13-6)7-3-4-8(11)14-9(7)12;1-7-6-14(2)10(13-7)8-4-3-5-12-9(8)11;/h2-7H,1H3,(H,16,17);4-5H,1-2H3;3,5-6H,1-2H3;/q;2*-1;. The van der Waals surface area contributed by atoms with E-state index in [9.17, 15) is 18.0 Å².